The highest BCUT2D eigenvalue weighted by Crippen LogP contribution is 2.39. The normalized spacial score (nSPS) is 15.9. The van der Waals surface area contributed by atoms with E-state index < -0.39 is 15.8 Å². The number of hydrogen-bond acceptors (Lipinski definition) is 2. The highest BCUT2D eigenvalue weighted by Gasteiger charge is 2.31. The molecule has 1 fully saturated rings. The predicted molar refractivity (Wildman–Crippen MR) is 248 cm³/mol. The van der Waals surface area contributed by atoms with Gasteiger partial charge in [-0.05, 0) is 127 Å². The lowest BCUT2D eigenvalue weighted by Gasteiger charge is -2.40. The maximum Gasteiger partial charge on any atom is 0.0254 e. The Bertz CT molecular complexity index is 1990. The third-order valence-corrected chi connectivity index (χ3v) is 16.3. The van der Waals surface area contributed by atoms with E-state index in [1.807, 2.05) is 0 Å². The molecule has 4 heteroatoms. The lowest BCUT2D eigenvalue weighted by Crippen LogP contribution is -2.49. The summed E-state index contributed by atoms with van der Waals surface area (Å²) in [6, 6.07) is 47.8. The van der Waals surface area contributed by atoms with Gasteiger partial charge in [-0.2, -0.15) is 0 Å². The Hall–Kier alpha value is -3.90. The van der Waals surface area contributed by atoms with Crippen LogP contribution in [-0.4, -0.2) is 17.0 Å². The minimum absolute atomic E-state index is 0.156. The van der Waals surface area contributed by atoms with Gasteiger partial charge in [-0.25, -0.2) is 0 Å². The van der Waals surface area contributed by atoms with E-state index in [-0.39, 0.29) is 6.04 Å². The molecule has 0 saturated heterocycles. The first-order valence-corrected chi connectivity index (χ1v) is 23.2. The second kappa shape index (κ2) is 17.7. The summed E-state index contributed by atoms with van der Waals surface area (Å²) in [4.78, 5) is 2.77. The Labute approximate surface area is 340 Å². The molecular formula is C52H60N2P2. The van der Waals surface area contributed by atoms with E-state index in [0.717, 1.165) is 25.9 Å². The maximum absolute atomic E-state index is 7.15. The molecule has 0 amide bonds. The monoisotopic (exact) mass is 774 g/mol. The van der Waals surface area contributed by atoms with Crippen molar-refractivity contribution in [3.05, 3.63) is 177 Å². The first-order chi connectivity index (χ1) is 26.9. The van der Waals surface area contributed by atoms with Crippen molar-refractivity contribution in [2.75, 3.05) is 0 Å². The van der Waals surface area contributed by atoms with Crippen LogP contribution < -0.4 is 37.6 Å². The van der Waals surface area contributed by atoms with Crippen LogP contribution in [0.1, 0.15) is 81.3 Å². The zero-order chi connectivity index (χ0) is 39.5. The second-order valence-corrected chi connectivity index (χ2v) is 21.1. The molecular weight excluding hydrogens is 715 g/mol. The van der Waals surface area contributed by atoms with Gasteiger partial charge in [0.15, 0.2) is 0 Å². The minimum atomic E-state index is -0.794. The average Bonchev–Trinajstić information content (AvgIpc) is 3.12. The van der Waals surface area contributed by atoms with Crippen LogP contribution in [0.3, 0.4) is 0 Å². The topological polar surface area (TPSA) is 29.3 Å². The summed E-state index contributed by atoms with van der Waals surface area (Å²) in [7, 11) is -1.59. The van der Waals surface area contributed by atoms with Gasteiger partial charge in [-0.1, -0.05) is 179 Å². The van der Waals surface area contributed by atoms with Crippen LogP contribution >= 0.6 is 15.8 Å². The van der Waals surface area contributed by atoms with E-state index in [2.05, 4.69) is 182 Å². The van der Waals surface area contributed by atoms with Crippen molar-refractivity contribution in [3.63, 3.8) is 0 Å². The van der Waals surface area contributed by atoms with Gasteiger partial charge in [-0.3, -0.25) is 4.90 Å². The lowest BCUT2D eigenvalue weighted by atomic mass is 9.89. The molecule has 6 aromatic carbocycles. The second-order valence-electron chi connectivity index (χ2n) is 16.7. The highest BCUT2D eigenvalue weighted by molar-refractivity contribution is 7.80. The van der Waals surface area contributed by atoms with E-state index in [1.165, 1.54) is 100 Å². The SMILES string of the molecule is Cc1cc(C)cc(P(c2cc(C)cc(C)c2)c2ccccc2CN(Cc2ccccc2P(c2cc(C)cc(C)c2)c2cc(C)cc(C)c2)C2CCCCC2N)c1. The van der Waals surface area contributed by atoms with Crippen molar-refractivity contribution >= 4 is 47.7 Å². The summed E-state index contributed by atoms with van der Waals surface area (Å²) in [5.74, 6) is 0. The Morgan fingerprint density at radius 2 is 0.750 bits per heavy atom. The number of aryl methyl sites for hydroxylation is 8. The summed E-state index contributed by atoms with van der Waals surface area (Å²) in [6.45, 7) is 19.7. The third kappa shape index (κ3) is 9.44. The molecule has 56 heavy (non-hydrogen) atoms. The number of rotatable bonds is 11. The molecule has 6 aromatic rings. The molecule has 0 bridgehead atoms. The smallest absolute Gasteiger partial charge is 0.0254 e. The van der Waals surface area contributed by atoms with Crippen LogP contribution in [0, 0.1) is 55.4 Å². The first-order valence-electron chi connectivity index (χ1n) is 20.5. The standard InChI is InChI=1S/C52H60N2P2/c1-35-21-36(2)26-45(25-35)55(46-27-37(3)22-38(4)28-46)51-19-13-9-15-43(51)33-54(50-18-12-11-17-49(50)53)34-44-16-10-14-20-52(44)56(47-29-39(5)23-40(6)30-47)48-31-41(7)24-42(8)32-48/h9-10,13-16,19-32,49-50H,11-12,17-18,33-34,53H2,1-8H3. The zero-order valence-electron chi connectivity index (χ0n) is 34.9. The van der Waals surface area contributed by atoms with Gasteiger partial charge in [0, 0.05) is 25.2 Å². The molecule has 7 rings (SSSR count). The van der Waals surface area contributed by atoms with Gasteiger partial charge >= 0.3 is 0 Å². The fourth-order valence-corrected chi connectivity index (χ4v) is 14.9. The molecule has 2 N–H and O–H groups in total. The van der Waals surface area contributed by atoms with Crippen LogP contribution in [-0.2, 0) is 13.1 Å². The molecule has 2 nitrogen and oxygen atoms in total. The van der Waals surface area contributed by atoms with Crippen molar-refractivity contribution in [1.29, 1.82) is 0 Å². The van der Waals surface area contributed by atoms with Crippen LogP contribution in [0.15, 0.2) is 121 Å². The van der Waals surface area contributed by atoms with Crippen LogP contribution in [0.2, 0.25) is 0 Å². The quantitative estimate of drug-likeness (QED) is 0.133. The Morgan fingerprint density at radius 3 is 1.07 bits per heavy atom. The summed E-state index contributed by atoms with van der Waals surface area (Å²) < 4.78 is 0. The molecule has 2 atom stereocenters. The van der Waals surface area contributed by atoms with Crippen molar-refractivity contribution in [2.45, 2.75) is 106 Å². The molecule has 0 aromatic heterocycles. The predicted octanol–water partition coefficient (Wildman–Crippen LogP) is 9.94. The third-order valence-electron chi connectivity index (χ3n) is 11.3. The Morgan fingerprint density at radius 1 is 0.446 bits per heavy atom. The van der Waals surface area contributed by atoms with Crippen LogP contribution in [0.25, 0.3) is 0 Å². The van der Waals surface area contributed by atoms with E-state index >= 15 is 0 Å². The van der Waals surface area contributed by atoms with Gasteiger partial charge in [0.1, 0.15) is 0 Å². The molecule has 1 aliphatic rings. The highest BCUT2D eigenvalue weighted by atomic mass is 31.1. The van der Waals surface area contributed by atoms with E-state index in [0.29, 0.717) is 6.04 Å². The molecule has 1 aliphatic carbocycles. The summed E-state index contributed by atoms with van der Waals surface area (Å²) in [5, 5.41) is 8.60. The first kappa shape index (κ1) is 40.3. The number of nitrogens with two attached hydrogens (primary N) is 1. The maximum atomic E-state index is 7.15. The largest absolute Gasteiger partial charge is 0.326 e. The van der Waals surface area contributed by atoms with Gasteiger partial charge in [0.25, 0.3) is 0 Å². The average molecular weight is 775 g/mol. The van der Waals surface area contributed by atoms with Crippen molar-refractivity contribution in [3.8, 4) is 0 Å². The van der Waals surface area contributed by atoms with E-state index in [1.54, 1.807) is 0 Å². The van der Waals surface area contributed by atoms with Crippen LogP contribution in [0.5, 0.6) is 0 Å². The van der Waals surface area contributed by atoms with Crippen molar-refractivity contribution < 1.29 is 0 Å². The van der Waals surface area contributed by atoms with Crippen molar-refractivity contribution in [2.24, 2.45) is 5.73 Å². The molecule has 288 valence electrons. The van der Waals surface area contributed by atoms with Gasteiger partial charge in [0.05, 0.1) is 0 Å². The molecule has 0 spiro atoms. The molecule has 2 unspecified atom stereocenters. The number of benzene rings is 6. The fourth-order valence-electron chi connectivity index (χ4n) is 9.22. The van der Waals surface area contributed by atoms with Crippen molar-refractivity contribution in [1.82, 2.24) is 4.90 Å². The fraction of sp³-hybridized carbons (Fsp3) is 0.308. The Kier molecular flexibility index (Phi) is 12.7. The molecule has 0 aliphatic heterocycles. The van der Waals surface area contributed by atoms with E-state index in [9.17, 15) is 0 Å². The zero-order valence-corrected chi connectivity index (χ0v) is 36.7. The number of hydrogen-bond donors (Lipinski definition) is 1. The van der Waals surface area contributed by atoms with Gasteiger partial charge in [-0.15, -0.1) is 0 Å². The number of nitrogens with zero attached hydrogens (tertiary/aromatic N) is 1. The van der Waals surface area contributed by atoms with Gasteiger partial charge in [0.2, 0.25) is 0 Å². The molecule has 0 radical (unpaired) electrons. The molecule has 1 saturated carbocycles. The minimum Gasteiger partial charge on any atom is -0.326 e. The summed E-state index contributed by atoms with van der Waals surface area (Å²) in [5.41, 5.74) is 20.6. The summed E-state index contributed by atoms with van der Waals surface area (Å²) >= 11 is 0. The van der Waals surface area contributed by atoms with Crippen LogP contribution in [0.4, 0.5) is 0 Å². The van der Waals surface area contributed by atoms with Gasteiger partial charge < -0.3 is 5.73 Å². The molecule has 0 heterocycles. The van der Waals surface area contributed by atoms with E-state index in [4.69, 9.17) is 5.73 Å². The summed E-state index contributed by atoms with van der Waals surface area (Å²) in [6.07, 6.45) is 4.67. The lowest BCUT2D eigenvalue weighted by molar-refractivity contribution is 0.122. The Balaban J connectivity index is 1.36.